The van der Waals surface area contributed by atoms with Crippen LogP contribution in [-0.4, -0.2) is 9.97 Å². The lowest BCUT2D eigenvalue weighted by molar-refractivity contribution is 0.815. The summed E-state index contributed by atoms with van der Waals surface area (Å²) in [7, 11) is 0. The van der Waals surface area contributed by atoms with Gasteiger partial charge in [-0.3, -0.25) is 4.79 Å². The first-order valence-electron chi connectivity index (χ1n) is 5.96. The van der Waals surface area contributed by atoms with E-state index in [1.54, 1.807) is 18.2 Å². The third-order valence-corrected chi connectivity index (χ3v) is 3.66. The van der Waals surface area contributed by atoms with Gasteiger partial charge in [0.1, 0.15) is 5.82 Å². The molecule has 0 atom stereocenters. The Balaban J connectivity index is 2.58. The second-order valence-electron chi connectivity index (χ2n) is 4.70. The Morgan fingerprint density at radius 2 is 1.89 bits per heavy atom. The zero-order valence-corrected chi connectivity index (χ0v) is 12.4. The lowest BCUT2D eigenvalue weighted by Crippen LogP contribution is -2.18. The Morgan fingerprint density at radius 1 is 1.21 bits per heavy atom. The minimum absolute atomic E-state index is 0.108. The van der Waals surface area contributed by atoms with Crippen molar-refractivity contribution in [2.75, 3.05) is 0 Å². The highest BCUT2D eigenvalue weighted by atomic mass is 35.5. The Bertz CT molecular complexity index is 678. The molecule has 1 aromatic heterocycles. The van der Waals surface area contributed by atoms with Crippen LogP contribution in [0.3, 0.4) is 0 Å². The number of H-pyrrole nitrogens is 1. The van der Waals surface area contributed by atoms with E-state index in [9.17, 15) is 4.79 Å². The molecule has 0 bridgehead atoms. The summed E-state index contributed by atoms with van der Waals surface area (Å²) < 4.78 is 0. The standard InChI is InChI=1S/C14H14Cl2N2O/c1-7(2)12-8(3)17-13(18-14(12)19)9-4-5-10(15)11(16)6-9/h4-7H,1-3H3,(H,17,18,19). The third kappa shape index (κ3) is 2.82. The topological polar surface area (TPSA) is 45.8 Å². The van der Waals surface area contributed by atoms with Crippen molar-refractivity contribution in [1.29, 1.82) is 0 Å². The molecular formula is C14H14Cl2N2O. The maximum atomic E-state index is 12.1. The van der Waals surface area contributed by atoms with Crippen LogP contribution in [0.2, 0.25) is 10.0 Å². The number of nitrogens with one attached hydrogen (secondary N) is 1. The number of halogens is 2. The summed E-state index contributed by atoms with van der Waals surface area (Å²) in [4.78, 5) is 19.3. The number of aromatic nitrogens is 2. The lowest BCUT2D eigenvalue weighted by Gasteiger charge is -2.10. The van der Waals surface area contributed by atoms with Crippen LogP contribution in [0.4, 0.5) is 0 Å². The molecule has 0 radical (unpaired) electrons. The van der Waals surface area contributed by atoms with Crippen molar-refractivity contribution < 1.29 is 0 Å². The van der Waals surface area contributed by atoms with Crippen LogP contribution in [0.5, 0.6) is 0 Å². The van der Waals surface area contributed by atoms with Crippen LogP contribution < -0.4 is 5.56 Å². The second-order valence-corrected chi connectivity index (χ2v) is 5.51. The normalized spacial score (nSPS) is 11.1. The zero-order valence-electron chi connectivity index (χ0n) is 10.9. The van der Waals surface area contributed by atoms with Crippen LogP contribution in [0.25, 0.3) is 11.4 Å². The van der Waals surface area contributed by atoms with Gasteiger partial charge in [-0.25, -0.2) is 4.98 Å². The summed E-state index contributed by atoms with van der Waals surface area (Å²) in [5.41, 5.74) is 2.08. The van der Waals surface area contributed by atoms with Gasteiger partial charge in [0.2, 0.25) is 0 Å². The lowest BCUT2D eigenvalue weighted by atomic mass is 10.0. The Labute approximate surface area is 121 Å². The molecule has 0 spiro atoms. The van der Waals surface area contributed by atoms with Crippen LogP contribution in [0.1, 0.15) is 31.0 Å². The van der Waals surface area contributed by atoms with E-state index in [1.165, 1.54) is 0 Å². The van der Waals surface area contributed by atoms with Crippen molar-refractivity contribution in [3.05, 3.63) is 49.9 Å². The van der Waals surface area contributed by atoms with Gasteiger partial charge in [-0.15, -0.1) is 0 Å². The highest BCUT2D eigenvalue weighted by Crippen LogP contribution is 2.27. The van der Waals surface area contributed by atoms with Gasteiger partial charge in [0.15, 0.2) is 0 Å². The van der Waals surface area contributed by atoms with Crippen molar-refractivity contribution in [3.8, 4) is 11.4 Å². The van der Waals surface area contributed by atoms with Crippen molar-refractivity contribution in [3.63, 3.8) is 0 Å². The number of aryl methyl sites for hydroxylation is 1. The Hall–Kier alpha value is -1.32. The van der Waals surface area contributed by atoms with E-state index in [0.717, 1.165) is 11.3 Å². The predicted octanol–water partition coefficient (Wildman–Crippen LogP) is 4.18. The van der Waals surface area contributed by atoms with Crippen LogP contribution in [0.15, 0.2) is 23.0 Å². The first kappa shape index (κ1) is 14.1. The van der Waals surface area contributed by atoms with Crippen LogP contribution in [-0.2, 0) is 0 Å². The average molecular weight is 297 g/mol. The molecule has 100 valence electrons. The molecule has 19 heavy (non-hydrogen) atoms. The predicted molar refractivity (Wildman–Crippen MR) is 79.1 cm³/mol. The van der Waals surface area contributed by atoms with Crippen molar-refractivity contribution in [1.82, 2.24) is 9.97 Å². The van der Waals surface area contributed by atoms with E-state index < -0.39 is 0 Å². The molecule has 2 rings (SSSR count). The third-order valence-electron chi connectivity index (χ3n) is 2.92. The molecule has 0 aliphatic carbocycles. The number of hydrogen-bond acceptors (Lipinski definition) is 2. The first-order valence-corrected chi connectivity index (χ1v) is 6.72. The smallest absolute Gasteiger partial charge is 0.254 e. The van der Waals surface area contributed by atoms with Gasteiger partial charge in [0.05, 0.1) is 10.0 Å². The summed E-state index contributed by atoms with van der Waals surface area (Å²) in [6, 6.07) is 5.16. The molecule has 0 aliphatic rings. The molecule has 0 saturated heterocycles. The van der Waals surface area contributed by atoms with Crippen LogP contribution in [0, 0.1) is 6.92 Å². The summed E-state index contributed by atoms with van der Waals surface area (Å²) in [5, 5.41) is 0.913. The SMILES string of the molecule is Cc1nc(-c2ccc(Cl)c(Cl)c2)[nH]c(=O)c1C(C)C. The molecule has 1 aromatic carbocycles. The van der Waals surface area contributed by atoms with Crippen molar-refractivity contribution in [2.24, 2.45) is 0 Å². The number of hydrogen-bond donors (Lipinski definition) is 1. The summed E-state index contributed by atoms with van der Waals surface area (Å²) in [6.45, 7) is 5.78. The minimum atomic E-state index is -0.108. The molecule has 0 aliphatic heterocycles. The van der Waals surface area contributed by atoms with E-state index in [4.69, 9.17) is 23.2 Å². The van der Waals surface area contributed by atoms with Gasteiger partial charge in [-0.05, 0) is 31.0 Å². The fraction of sp³-hybridized carbons (Fsp3) is 0.286. The molecule has 3 nitrogen and oxygen atoms in total. The Morgan fingerprint density at radius 3 is 2.42 bits per heavy atom. The first-order chi connectivity index (χ1) is 8.90. The highest BCUT2D eigenvalue weighted by molar-refractivity contribution is 6.42. The number of rotatable bonds is 2. The molecule has 1 heterocycles. The molecule has 0 unspecified atom stereocenters. The summed E-state index contributed by atoms with van der Waals surface area (Å²) >= 11 is 11.8. The maximum absolute atomic E-state index is 12.1. The van der Waals surface area contributed by atoms with Crippen molar-refractivity contribution in [2.45, 2.75) is 26.7 Å². The maximum Gasteiger partial charge on any atom is 0.254 e. The van der Waals surface area contributed by atoms with Gasteiger partial charge in [-0.1, -0.05) is 37.0 Å². The zero-order chi connectivity index (χ0) is 14.2. The van der Waals surface area contributed by atoms with Crippen LogP contribution >= 0.6 is 23.2 Å². The van der Waals surface area contributed by atoms with Gasteiger partial charge >= 0.3 is 0 Å². The van der Waals surface area contributed by atoms with E-state index in [0.29, 0.717) is 21.4 Å². The largest absolute Gasteiger partial charge is 0.306 e. The van der Waals surface area contributed by atoms with Crippen molar-refractivity contribution >= 4 is 23.2 Å². The molecule has 0 amide bonds. The highest BCUT2D eigenvalue weighted by Gasteiger charge is 2.13. The van der Waals surface area contributed by atoms with Gasteiger partial charge in [-0.2, -0.15) is 0 Å². The summed E-state index contributed by atoms with van der Waals surface area (Å²) in [6.07, 6.45) is 0. The number of nitrogens with zero attached hydrogens (tertiary/aromatic N) is 1. The average Bonchev–Trinajstić information content (AvgIpc) is 2.31. The van der Waals surface area contributed by atoms with E-state index >= 15 is 0 Å². The monoisotopic (exact) mass is 296 g/mol. The molecule has 0 fully saturated rings. The van der Waals surface area contributed by atoms with E-state index in [2.05, 4.69) is 9.97 Å². The summed E-state index contributed by atoms with van der Waals surface area (Å²) in [5.74, 6) is 0.643. The number of aromatic amines is 1. The molecular weight excluding hydrogens is 283 g/mol. The minimum Gasteiger partial charge on any atom is -0.306 e. The molecule has 0 saturated carbocycles. The van der Waals surface area contributed by atoms with Gasteiger partial charge in [0, 0.05) is 16.8 Å². The van der Waals surface area contributed by atoms with Gasteiger partial charge in [0.25, 0.3) is 5.56 Å². The van der Waals surface area contributed by atoms with E-state index in [-0.39, 0.29) is 11.5 Å². The Kier molecular flexibility index (Phi) is 3.97. The quantitative estimate of drug-likeness (QED) is 0.904. The second kappa shape index (κ2) is 5.35. The molecule has 5 heteroatoms. The number of benzene rings is 1. The molecule has 1 N–H and O–H groups in total. The van der Waals surface area contributed by atoms with Gasteiger partial charge < -0.3 is 4.98 Å². The van der Waals surface area contributed by atoms with E-state index in [1.807, 2.05) is 20.8 Å². The fourth-order valence-electron chi connectivity index (χ4n) is 2.06. The fourth-order valence-corrected chi connectivity index (χ4v) is 2.35. The molecule has 2 aromatic rings.